The van der Waals surface area contributed by atoms with Crippen molar-refractivity contribution in [3.8, 4) is 11.4 Å². The molecule has 8 heteroatoms. The Morgan fingerprint density at radius 3 is 2.85 bits per heavy atom. The van der Waals surface area contributed by atoms with E-state index in [0.29, 0.717) is 22.8 Å². The lowest BCUT2D eigenvalue weighted by Crippen LogP contribution is -2.39. The first-order chi connectivity index (χ1) is 9.40. The molecule has 1 N–H and O–H groups in total. The second-order valence-electron chi connectivity index (χ2n) is 4.47. The van der Waals surface area contributed by atoms with Gasteiger partial charge in [-0.2, -0.15) is 0 Å². The van der Waals surface area contributed by atoms with E-state index in [4.69, 9.17) is 11.6 Å². The van der Waals surface area contributed by atoms with E-state index in [2.05, 4.69) is 31.5 Å². The minimum Gasteiger partial charge on any atom is -0.479 e. The van der Waals surface area contributed by atoms with Crippen LogP contribution in [0.15, 0.2) is 22.7 Å². The zero-order chi connectivity index (χ0) is 14.9. The summed E-state index contributed by atoms with van der Waals surface area (Å²) < 4.78 is 2.05. The maximum atomic E-state index is 11.5. The minimum absolute atomic E-state index is 0.346. The van der Waals surface area contributed by atoms with E-state index in [1.54, 1.807) is 32.0 Å². The Kier molecular flexibility index (Phi) is 4.10. The normalized spacial score (nSPS) is 14.0. The van der Waals surface area contributed by atoms with Crippen LogP contribution in [0.25, 0.3) is 11.4 Å². The highest BCUT2D eigenvalue weighted by Crippen LogP contribution is 2.32. The van der Waals surface area contributed by atoms with Gasteiger partial charge in [-0.3, -0.25) is 0 Å². The summed E-state index contributed by atoms with van der Waals surface area (Å²) in [6.45, 7) is 3.35. The van der Waals surface area contributed by atoms with Crippen molar-refractivity contribution >= 4 is 33.5 Å². The van der Waals surface area contributed by atoms with Crippen LogP contribution in [-0.4, -0.2) is 31.3 Å². The lowest BCUT2D eigenvalue weighted by Gasteiger charge is -2.24. The van der Waals surface area contributed by atoms with E-state index < -0.39 is 11.5 Å². The van der Waals surface area contributed by atoms with Gasteiger partial charge in [-0.1, -0.05) is 34.5 Å². The molecule has 0 saturated carbocycles. The van der Waals surface area contributed by atoms with Crippen molar-refractivity contribution in [3.05, 3.63) is 27.7 Å². The van der Waals surface area contributed by atoms with Crippen molar-refractivity contribution in [2.45, 2.75) is 25.8 Å². The van der Waals surface area contributed by atoms with Crippen LogP contribution in [0.2, 0.25) is 5.02 Å². The Morgan fingerprint density at radius 2 is 2.25 bits per heavy atom. The van der Waals surface area contributed by atoms with Gasteiger partial charge in [0.1, 0.15) is 0 Å². The van der Waals surface area contributed by atoms with Gasteiger partial charge < -0.3 is 5.11 Å². The van der Waals surface area contributed by atoms with Crippen LogP contribution in [0.5, 0.6) is 0 Å². The number of carboxylic acid groups (broad SMARTS) is 1. The zero-order valence-electron chi connectivity index (χ0n) is 10.8. The van der Waals surface area contributed by atoms with Crippen molar-refractivity contribution in [3.63, 3.8) is 0 Å². The number of hydrogen-bond donors (Lipinski definition) is 1. The first kappa shape index (κ1) is 14.9. The molecule has 106 valence electrons. The molecule has 6 nitrogen and oxygen atoms in total. The summed E-state index contributed by atoms with van der Waals surface area (Å²) in [5, 5.41) is 21.3. The van der Waals surface area contributed by atoms with E-state index in [9.17, 15) is 9.90 Å². The number of nitrogens with zero attached hydrogens (tertiary/aromatic N) is 4. The first-order valence-corrected chi connectivity index (χ1v) is 7.05. The van der Waals surface area contributed by atoms with Gasteiger partial charge in [-0.15, -0.1) is 5.10 Å². The molecule has 0 aliphatic carbocycles. The van der Waals surface area contributed by atoms with Gasteiger partial charge in [0.15, 0.2) is 11.4 Å². The average Bonchev–Trinajstić information content (AvgIpc) is 2.90. The number of tetrazole rings is 1. The molecule has 0 aliphatic heterocycles. The van der Waals surface area contributed by atoms with E-state index in [1.807, 2.05) is 0 Å². The Morgan fingerprint density at radius 1 is 1.55 bits per heavy atom. The zero-order valence-corrected chi connectivity index (χ0v) is 13.2. The minimum atomic E-state index is -1.22. The fourth-order valence-corrected chi connectivity index (χ4v) is 2.34. The maximum Gasteiger partial charge on any atom is 0.331 e. The highest BCUT2D eigenvalue weighted by Gasteiger charge is 2.37. The molecule has 0 amide bonds. The Hall–Kier alpha value is -1.47. The number of carboxylic acids is 1. The molecule has 20 heavy (non-hydrogen) atoms. The highest BCUT2D eigenvalue weighted by molar-refractivity contribution is 9.10. The van der Waals surface area contributed by atoms with Crippen molar-refractivity contribution in [2.24, 2.45) is 0 Å². The average molecular weight is 360 g/mol. The third-order valence-corrected chi connectivity index (χ3v) is 4.18. The Labute approximate surface area is 128 Å². The van der Waals surface area contributed by atoms with E-state index in [1.165, 1.54) is 4.68 Å². The largest absolute Gasteiger partial charge is 0.479 e. The molecular weight excluding hydrogens is 348 g/mol. The fourth-order valence-electron chi connectivity index (χ4n) is 1.75. The van der Waals surface area contributed by atoms with E-state index >= 15 is 0 Å². The number of carbonyl (C=O) groups is 1. The predicted octanol–water partition coefficient (Wildman–Crippen LogP) is 2.97. The number of halogens is 2. The molecule has 0 bridgehead atoms. The number of aromatic nitrogens is 4. The van der Waals surface area contributed by atoms with E-state index in [-0.39, 0.29) is 0 Å². The lowest BCUT2D eigenvalue weighted by atomic mass is 9.99. The molecule has 0 saturated heterocycles. The topological polar surface area (TPSA) is 80.9 Å². The number of aliphatic carboxylic acids is 1. The predicted molar refractivity (Wildman–Crippen MR) is 77.5 cm³/mol. The van der Waals surface area contributed by atoms with Gasteiger partial charge in [-0.25, -0.2) is 9.48 Å². The third-order valence-electron chi connectivity index (χ3n) is 3.26. The molecule has 0 fully saturated rings. The molecule has 0 aliphatic rings. The molecule has 0 spiro atoms. The van der Waals surface area contributed by atoms with Crippen LogP contribution in [-0.2, 0) is 10.3 Å². The van der Waals surface area contributed by atoms with E-state index in [0.717, 1.165) is 4.47 Å². The molecule has 2 rings (SSSR count). The summed E-state index contributed by atoms with van der Waals surface area (Å²) >= 11 is 9.38. The molecule has 1 aromatic heterocycles. The van der Waals surface area contributed by atoms with Crippen LogP contribution in [0, 0.1) is 0 Å². The quantitative estimate of drug-likeness (QED) is 0.907. The maximum absolute atomic E-state index is 11.5. The molecule has 2 aromatic rings. The molecule has 1 heterocycles. The van der Waals surface area contributed by atoms with Crippen LogP contribution in [0.4, 0.5) is 0 Å². The van der Waals surface area contributed by atoms with Gasteiger partial charge in [0, 0.05) is 15.1 Å². The second-order valence-corrected chi connectivity index (χ2v) is 5.76. The molecule has 1 unspecified atom stereocenters. The number of benzene rings is 1. The fraction of sp³-hybridized carbons (Fsp3) is 0.333. The first-order valence-electron chi connectivity index (χ1n) is 5.88. The summed E-state index contributed by atoms with van der Waals surface area (Å²) in [5.74, 6) is -0.641. The van der Waals surface area contributed by atoms with Crippen molar-refractivity contribution in [1.82, 2.24) is 20.2 Å². The summed E-state index contributed by atoms with van der Waals surface area (Å²) in [6, 6.07) is 5.17. The second kappa shape index (κ2) is 5.49. The van der Waals surface area contributed by atoms with Gasteiger partial charge in [0.25, 0.3) is 0 Å². The smallest absolute Gasteiger partial charge is 0.331 e. The van der Waals surface area contributed by atoms with Gasteiger partial charge in [0.05, 0.1) is 0 Å². The summed E-state index contributed by atoms with van der Waals surface area (Å²) in [7, 11) is 0. The third kappa shape index (κ3) is 2.43. The van der Waals surface area contributed by atoms with Crippen molar-refractivity contribution in [1.29, 1.82) is 0 Å². The number of rotatable bonds is 4. The molecule has 1 aromatic carbocycles. The van der Waals surface area contributed by atoms with Gasteiger partial charge in [0.2, 0.25) is 0 Å². The highest BCUT2D eigenvalue weighted by atomic mass is 79.9. The van der Waals surface area contributed by atoms with Crippen LogP contribution < -0.4 is 0 Å². The summed E-state index contributed by atoms with van der Waals surface area (Å²) in [6.07, 6.45) is 0.346. The standard InChI is InChI=1S/C12H12BrClN4O2/c1-3-12(2,11(19)20)18-10(15-16-17-18)8-6-7(14)4-5-9(8)13/h4-6H,3H2,1-2H3,(H,19,20). The monoisotopic (exact) mass is 358 g/mol. The van der Waals surface area contributed by atoms with Crippen LogP contribution >= 0.6 is 27.5 Å². The Balaban J connectivity index is 2.64. The summed E-state index contributed by atoms with van der Waals surface area (Å²) in [4.78, 5) is 11.5. The van der Waals surface area contributed by atoms with Crippen molar-refractivity contribution < 1.29 is 9.90 Å². The number of hydrogen-bond acceptors (Lipinski definition) is 4. The van der Waals surface area contributed by atoms with Crippen molar-refractivity contribution in [2.75, 3.05) is 0 Å². The van der Waals surface area contributed by atoms with Crippen LogP contribution in [0.1, 0.15) is 20.3 Å². The molecular formula is C12H12BrClN4O2. The lowest BCUT2D eigenvalue weighted by molar-refractivity contribution is -0.147. The van der Waals surface area contributed by atoms with Gasteiger partial charge >= 0.3 is 5.97 Å². The molecule has 0 radical (unpaired) electrons. The summed E-state index contributed by atoms with van der Waals surface area (Å²) in [5.41, 5.74) is -0.580. The van der Waals surface area contributed by atoms with Crippen LogP contribution in [0.3, 0.4) is 0 Å². The van der Waals surface area contributed by atoms with Gasteiger partial charge in [-0.05, 0) is 42.0 Å². The Bertz CT molecular complexity index is 661. The molecule has 1 atom stereocenters. The SMILES string of the molecule is CCC(C)(C(=O)O)n1nnnc1-c1cc(Cl)ccc1Br.